The van der Waals surface area contributed by atoms with E-state index >= 15 is 0 Å². The van der Waals surface area contributed by atoms with Crippen molar-refractivity contribution < 1.29 is 9.90 Å². The van der Waals surface area contributed by atoms with Gasteiger partial charge in [0, 0.05) is 0 Å². The van der Waals surface area contributed by atoms with Gasteiger partial charge in [0.1, 0.15) is 0 Å². The summed E-state index contributed by atoms with van der Waals surface area (Å²) in [5, 5.41) is 17.0. The monoisotopic (exact) mass is 155 g/mol. The number of rotatable bonds is 2. The maximum absolute atomic E-state index is 10.3. The van der Waals surface area contributed by atoms with E-state index in [9.17, 15) is 4.79 Å². The van der Waals surface area contributed by atoms with Crippen LogP contribution in [0.15, 0.2) is 0 Å². The Balaban J connectivity index is 4.22. The van der Waals surface area contributed by atoms with Crippen LogP contribution in [0, 0.1) is 22.7 Å². The molecule has 0 fully saturated rings. The molecule has 0 amide bonds. The molecular formula is C8H13NO2. The summed E-state index contributed by atoms with van der Waals surface area (Å²) in [4.78, 5) is 10.3. The van der Waals surface area contributed by atoms with Crippen LogP contribution < -0.4 is 0 Å². The second kappa shape index (κ2) is 3.38. The lowest BCUT2D eigenvalue weighted by atomic mass is 9.80. The summed E-state index contributed by atoms with van der Waals surface area (Å²) in [6.45, 7) is 5.59. The molecular weight excluding hydrogens is 142 g/mol. The first-order valence-corrected chi connectivity index (χ1v) is 3.49. The summed E-state index contributed by atoms with van der Waals surface area (Å²) in [6.07, 6.45) is -0.0694. The lowest BCUT2D eigenvalue weighted by Crippen LogP contribution is -2.21. The second-order valence-electron chi connectivity index (χ2n) is 3.65. The second-order valence-corrected chi connectivity index (χ2v) is 3.65. The lowest BCUT2D eigenvalue weighted by molar-refractivity contribution is -0.138. The molecule has 0 aliphatic heterocycles. The van der Waals surface area contributed by atoms with Gasteiger partial charge in [-0.1, -0.05) is 20.8 Å². The normalized spacial score (nSPS) is 13.6. The molecule has 0 heterocycles. The van der Waals surface area contributed by atoms with Gasteiger partial charge in [-0.2, -0.15) is 5.26 Å². The third-order valence-corrected chi connectivity index (χ3v) is 1.58. The van der Waals surface area contributed by atoms with Gasteiger partial charge in [0.25, 0.3) is 0 Å². The Morgan fingerprint density at radius 1 is 1.64 bits per heavy atom. The Hall–Kier alpha value is -1.04. The molecule has 62 valence electrons. The summed E-state index contributed by atoms with van der Waals surface area (Å²) in [6, 6.07) is 1.99. The number of hydrogen-bond acceptors (Lipinski definition) is 2. The van der Waals surface area contributed by atoms with Gasteiger partial charge in [-0.05, 0) is 5.41 Å². The fourth-order valence-corrected chi connectivity index (χ4v) is 0.720. The van der Waals surface area contributed by atoms with Crippen molar-refractivity contribution >= 4 is 5.97 Å². The number of carbonyl (C=O) groups is 1. The topological polar surface area (TPSA) is 61.1 Å². The van der Waals surface area contributed by atoms with Crippen LogP contribution in [-0.4, -0.2) is 11.1 Å². The molecule has 0 saturated carbocycles. The van der Waals surface area contributed by atoms with Crippen molar-refractivity contribution in [2.75, 3.05) is 0 Å². The van der Waals surface area contributed by atoms with Crippen LogP contribution in [-0.2, 0) is 4.79 Å². The van der Waals surface area contributed by atoms with Crippen molar-refractivity contribution in [2.24, 2.45) is 11.3 Å². The van der Waals surface area contributed by atoms with E-state index in [0.717, 1.165) is 0 Å². The average Bonchev–Trinajstić information content (AvgIpc) is 1.79. The number of carboxylic acids is 1. The average molecular weight is 155 g/mol. The molecule has 0 aromatic rings. The third-order valence-electron chi connectivity index (χ3n) is 1.58. The van der Waals surface area contributed by atoms with E-state index in [1.807, 2.05) is 26.8 Å². The molecule has 0 aliphatic rings. The molecule has 11 heavy (non-hydrogen) atoms. The maximum Gasteiger partial charge on any atom is 0.304 e. The number of carboxylic acid groups (broad SMARTS) is 1. The summed E-state index contributed by atoms with van der Waals surface area (Å²) < 4.78 is 0. The van der Waals surface area contributed by atoms with E-state index in [1.54, 1.807) is 0 Å². The summed E-state index contributed by atoms with van der Waals surface area (Å²) >= 11 is 0. The van der Waals surface area contributed by atoms with Gasteiger partial charge in [0.15, 0.2) is 0 Å². The van der Waals surface area contributed by atoms with Crippen molar-refractivity contribution in [3.05, 3.63) is 0 Å². The van der Waals surface area contributed by atoms with Crippen LogP contribution in [0.5, 0.6) is 0 Å². The van der Waals surface area contributed by atoms with Crippen LogP contribution in [0.25, 0.3) is 0 Å². The molecule has 0 saturated heterocycles. The quantitative estimate of drug-likeness (QED) is 0.659. The van der Waals surface area contributed by atoms with Gasteiger partial charge in [0.2, 0.25) is 0 Å². The first-order valence-electron chi connectivity index (χ1n) is 3.49. The summed E-state index contributed by atoms with van der Waals surface area (Å²) in [5.74, 6) is -1.31. The van der Waals surface area contributed by atoms with Crippen molar-refractivity contribution in [3.8, 4) is 6.07 Å². The van der Waals surface area contributed by atoms with Crippen molar-refractivity contribution in [2.45, 2.75) is 27.2 Å². The molecule has 1 atom stereocenters. The highest BCUT2D eigenvalue weighted by Gasteiger charge is 2.26. The largest absolute Gasteiger partial charge is 0.481 e. The minimum Gasteiger partial charge on any atom is -0.481 e. The van der Waals surface area contributed by atoms with E-state index < -0.39 is 11.9 Å². The number of aliphatic carboxylic acids is 1. The first kappa shape index (κ1) is 9.96. The van der Waals surface area contributed by atoms with Gasteiger partial charge in [0.05, 0.1) is 18.4 Å². The van der Waals surface area contributed by atoms with Gasteiger partial charge in [-0.15, -0.1) is 0 Å². The van der Waals surface area contributed by atoms with Gasteiger partial charge in [-0.25, -0.2) is 0 Å². The molecule has 0 radical (unpaired) electrons. The predicted octanol–water partition coefficient (Wildman–Crippen LogP) is 1.65. The fourth-order valence-electron chi connectivity index (χ4n) is 0.720. The van der Waals surface area contributed by atoms with Crippen LogP contribution >= 0.6 is 0 Å². The molecule has 0 aromatic carbocycles. The van der Waals surface area contributed by atoms with Gasteiger partial charge < -0.3 is 5.11 Å². The zero-order valence-electron chi connectivity index (χ0n) is 7.09. The Bertz CT molecular complexity index is 185. The molecule has 0 aliphatic carbocycles. The summed E-state index contributed by atoms with van der Waals surface area (Å²) in [5.41, 5.74) is -0.243. The third kappa shape index (κ3) is 3.61. The van der Waals surface area contributed by atoms with Gasteiger partial charge >= 0.3 is 5.97 Å². The SMILES string of the molecule is CC(C)(C)C(C#N)CC(=O)O. The summed E-state index contributed by atoms with van der Waals surface area (Å²) in [7, 11) is 0. The standard InChI is InChI=1S/C8H13NO2/c1-8(2,3)6(5-9)4-7(10)11/h6H,4H2,1-3H3,(H,10,11). The van der Waals surface area contributed by atoms with E-state index in [4.69, 9.17) is 10.4 Å². The molecule has 0 spiro atoms. The fraction of sp³-hybridized carbons (Fsp3) is 0.750. The lowest BCUT2D eigenvalue weighted by Gasteiger charge is -2.22. The first-order chi connectivity index (χ1) is 4.88. The highest BCUT2D eigenvalue weighted by atomic mass is 16.4. The van der Waals surface area contributed by atoms with Crippen LogP contribution in [0.3, 0.4) is 0 Å². The molecule has 3 heteroatoms. The Morgan fingerprint density at radius 3 is 2.18 bits per heavy atom. The number of nitriles is 1. The van der Waals surface area contributed by atoms with E-state index in [0.29, 0.717) is 0 Å². The number of nitrogens with zero attached hydrogens (tertiary/aromatic N) is 1. The highest BCUT2D eigenvalue weighted by Crippen LogP contribution is 2.27. The minimum atomic E-state index is -0.911. The molecule has 0 rings (SSSR count). The van der Waals surface area contributed by atoms with E-state index in [1.165, 1.54) is 0 Å². The van der Waals surface area contributed by atoms with Crippen molar-refractivity contribution in [1.82, 2.24) is 0 Å². The van der Waals surface area contributed by atoms with Crippen LogP contribution in [0.2, 0.25) is 0 Å². The molecule has 1 N–H and O–H groups in total. The minimum absolute atomic E-state index is 0.0694. The zero-order chi connectivity index (χ0) is 9.07. The van der Waals surface area contributed by atoms with Gasteiger partial charge in [-0.3, -0.25) is 4.79 Å². The maximum atomic E-state index is 10.3. The van der Waals surface area contributed by atoms with Crippen LogP contribution in [0.4, 0.5) is 0 Å². The van der Waals surface area contributed by atoms with E-state index in [-0.39, 0.29) is 11.8 Å². The zero-order valence-corrected chi connectivity index (χ0v) is 7.09. The highest BCUT2D eigenvalue weighted by molar-refractivity contribution is 5.67. The van der Waals surface area contributed by atoms with Crippen molar-refractivity contribution in [1.29, 1.82) is 5.26 Å². The van der Waals surface area contributed by atoms with Crippen molar-refractivity contribution in [3.63, 3.8) is 0 Å². The Morgan fingerprint density at radius 2 is 2.09 bits per heavy atom. The Labute approximate surface area is 66.6 Å². The molecule has 3 nitrogen and oxygen atoms in total. The molecule has 0 aromatic heterocycles. The predicted molar refractivity (Wildman–Crippen MR) is 40.8 cm³/mol. The van der Waals surface area contributed by atoms with E-state index in [2.05, 4.69) is 0 Å². The smallest absolute Gasteiger partial charge is 0.304 e. The van der Waals surface area contributed by atoms with Crippen LogP contribution in [0.1, 0.15) is 27.2 Å². The molecule has 1 unspecified atom stereocenters. The Kier molecular flexibility index (Phi) is 3.06. The molecule has 0 bridgehead atoms. The number of hydrogen-bond donors (Lipinski definition) is 1.